The molecule has 2 atom stereocenters. The van der Waals surface area contributed by atoms with Gasteiger partial charge < -0.3 is 0 Å². The molecule has 0 bridgehead atoms. The van der Waals surface area contributed by atoms with Crippen molar-refractivity contribution in [3.63, 3.8) is 0 Å². The van der Waals surface area contributed by atoms with E-state index in [4.69, 9.17) is 0 Å². The first-order valence-electron chi connectivity index (χ1n) is 6.73. The lowest BCUT2D eigenvalue weighted by molar-refractivity contribution is -0.129. The Hall–Kier alpha value is -1.88. The van der Waals surface area contributed by atoms with Gasteiger partial charge in [0.05, 0.1) is 12.0 Å². The Kier molecular flexibility index (Phi) is 3.92. The average Bonchev–Trinajstić information content (AvgIpc) is 2.51. The molecule has 0 N–H and O–H groups in total. The van der Waals surface area contributed by atoms with Gasteiger partial charge in [0.2, 0.25) is 5.91 Å². The Morgan fingerprint density at radius 3 is 2.86 bits per heavy atom. The number of carbonyl (C=O) groups excluding carboxylic acids is 1. The lowest BCUT2D eigenvalue weighted by atomic mass is 9.93. The predicted octanol–water partition coefficient (Wildman–Crippen LogP) is 3.00. The normalized spacial score (nSPS) is 24.0. The second-order valence-electron chi connectivity index (χ2n) is 4.98. The summed E-state index contributed by atoms with van der Waals surface area (Å²) >= 11 is 1.39. The number of allylic oxidation sites excluding steroid dienone is 2. The SMILES string of the molecule is CN1C(=O)[C@@H]2C=CC=C[C@H]2N=C1SCc1ccccc1F. The molecule has 5 heteroatoms. The summed E-state index contributed by atoms with van der Waals surface area (Å²) in [5, 5.41) is 0.643. The van der Waals surface area contributed by atoms with E-state index >= 15 is 0 Å². The number of hydrogen-bond donors (Lipinski definition) is 0. The molecule has 1 aliphatic carbocycles. The Labute approximate surface area is 127 Å². The maximum atomic E-state index is 13.6. The van der Waals surface area contributed by atoms with E-state index in [1.165, 1.54) is 17.8 Å². The zero-order valence-electron chi connectivity index (χ0n) is 11.6. The number of aliphatic imine (C=N–C) groups is 1. The second-order valence-corrected chi connectivity index (χ2v) is 5.92. The number of nitrogens with zero attached hydrogens (tertiary/aromatic N) is 2. The maximum absolute atomic E-state index is 13.6. The number of carbonyl (C=O) groups is 1. The summed E-state index contributed by atoms with van der Waals surface area (Å²) in [6.45, 7) is 0. The van der Waals surface area contributed by atoms with E-state index in [1.54, 1.807) is 30.1 Å². The molecule has 3 rings (SSSR count). The Balaban J connectivity index is 1.77. The number of thioether (sulfide) groups is 1. The smallest absolute Gasteiger partial charge is 0.237 e. The fourth-order valence-corrected chi connectivity index (χ4v) is 3.37. The standard InChI is InChI=1S/C16H15FN2OS/c1-19-15(20)12-7-3-5-9-14(12)18-16(19)21-10-11-6-2-4-8-13(11)17/h2-9,12,14H,10H2,1H3/t12-,14-/m1/s1. The number of amidine groups is 1. The molecule has 1 amide bonds. The van der Waals surface area contributed by atoms with Crippen LogP contribution in [0.3, 0.4) is 0 Å². The Morgan fingerprint density at radius 2 is 2.05 bits per heavy atom. The van der Waals surface area contributed by atoms with Crippen molar-refractivity contribution in [1.82, 2.24) is 4.90 Å². The third-order valence-corrected chi connectivity index (χ3v) is 4.68. The third kappa shape index (κ3) is 2.78. The highest BCUT2D eigenvalue weighted by molar-refractivity contribution is 8.13. The fourth-order valence-electron chi connectivity index (χ4n) is 2.37. The number of fused-ring (bicyclic) bond motifs is 1. The molecular formula is C16H15FN2OS. The topological polar surface area (TPSA) is 32.7 Å². The molecule has 1 aliphatic heterocycles. The summed E-state index contributed by atoms with van der Waals surface area (Å²) in [6.07, 6.45) is 7.59. The zero-order chi connectivity index (χ0) is 14.8. The molecule has 0 fully saturated rings. The van der Waals surface area contributed by atoms with Gasteiger partial charge in [-0.1, -0.05) is 54.3 Å². The van der Waals surface area contributed by atoms with Crippen molar-refractivity contribution in [1.29, 1.82) is 0 Å². The molecule has 1 heterocycles. The molecule has 0 spiro atoms. The summed E-state index contributed by atoms with van der Waals surface area (Å²) < 4.78 is 13.6. The van der Waals surface area contributed by atoms with Gasteiger partial charge >= 0.3 is 0 Å². The van der Waals surface area contributed by atoms with E-state index in [9.17, 15) is 9.18 Å². The molecule has 2 aliphatic rings. The molecule has 108 valence electrons. The van der Waals surface area contributed by atoms with Crippen molar-refractivity contribution >= 4 is 22.8 Å². The average molecular weight is 302 g/mol. The summed E-state index contributed by atoms with van der Waals surface area (Å²) in [7, 11) is 1.72. The molecule has 21 heavy (non-hydrogen) atoms. The lowest BCUT2D eigenvalue weighted by Gasteiger charge is -2.32. The van der Waals surface area contributed by atoms with E-state index in [2.05, 4.69) is 4.99 Å². The van der Waals surface area contributed by atoms with Crippen molar-refractivity contribution in [3.8, 4) is 0 Å². The first-order valence-corrected chi connectivity index (χ1v) is 7.72. The van der Waals surface area contributed by atoms with Gasteiger partial charge in [0.1, 0.15) is 5.82 Å². The van der Waals surface area contributed by atoms with Gasteiger partial charge in [-0.15, -0.1) is 0 Å². The van der Waals surface area contributed by atoms with Crippen molar-refractivity contribution < 1.29 is 9.18 Å². The highest BCUT2D eigenvalue weighted by atomic mass is 32.2. The fraction of sp³-hybridized carbons (Fsp3) is 0.250. The minimum absolute atomic E-state index is 0.0339. The largest absolute Gasteiger partial charge is 0.294 e. The summed E-state index contributed by atoms with van der Waals surface area (Å²) in [5.41, 5.74) is 0.618. The molecular weight excluding hydrogens is 287 g/mol. The van der Waals surface area contributed by atoms with Crippen LogP contribution in [0.25, 0.3) is 0 Å². The molecule has 0 saturated heterocycles. The van der Waals surface area contributed by atoms with Gasteiger partial charge in [-0.2, -0.15) is 0 Å². The van der Waals surface area contributed by atoms with Crippen LogP contribution < -0.4 is 0 Å². The Bertz CT molecular complexity index is 653. The maximum Gasteiger partial charge on any atom is 0.237 e. The van der Waals surface area contributed by atoms with E-state index < -0.39 is 0 Å². The minimum Gasteiger partial charge on any atom is -0.294 e. The van der Waals surface area contributed by atoms with Gasteiger partial charge in [0, 0.05) is 12.8 Å². The van der Waals surface area contributed by atoms with Crippen LogP contribution in [0.4, 0.5) is 4.39 Å². The van der Waals surface area contributed by atoms with Crippen LogP contribution in [0.1, 0.15) is 5.56 Å². The van der Waals surface area contributed by atoms with Gasteiger partial charge in [0.15, 0.2) is 5.17 Å². The quantitative estimate of drug-likeness (QED) is 0.841. The number of benzene rings is 1. The molecule has 1 aromatic rings. The monoisotopic (exact) mass is 302 g/mol. The molecule has 1 aromatic carbocycles. The van der Waals surface area contributed by atoms with Gasteiger partial charge in [-0.25, -0.2) is 4.39 Å². The van der Waals surface area contributed by atoms with Crippen LogP contribution in [0, 0.1) is 11.7 Å². The number of rotatable bonds is 2. The van der Waals surface area contributed by atoms with Crippen LogP contribution in [0.2, 0.25) is 0 Å². The number of halogens is 1. The second kappa shape index (κ2) is 5.85. The molecule has 0 radical (unpaired) electrons. The lowest BCUT2D eigenvalue weighted by Crippen LogP contribution is -2.45. The van der Waals surface area contributed by atoms with Gasteiger partial charge in [0.25, 0.3) is 0 Å². The summed E-state index contributed by atoms with van der Waals surface area (Å²) in [6, 6.07) is 6.53. The molecule has 3 nitrogen and oxygen atoms in total. The highest BCUT2D eigenvalue weighted by Crippen LogP contribution is 2.28. The van der Waals surface area contributed by atoms with Crippen LogP contribution >= 0.6 is 11.8 Å². The van der Waals surface area contributed by atoms with Gasteiger partial charge in [-0.05, 0) is 11.6 Å². The molecule has 0 aromatic heterocycles. The molecule has 0 unspecified atom stereocenters. The zero-order valence-corrected chi connectivity index (χ0v) is 12.4. The van der Waals surface area contributed by atoms with E-state index in [0.717, 1.165) is 0 Å². The van der Waals surface area contributed by atoms with Crippen molar-refractivity contribution in [2.24, 2.45) is 10.9 Å². The van der Waals surface area contributed by atoms with E-state index in [0.29, 0.717) is 16.5 Å². The van der Waals surface area contributed by atoms with Crippen molar-refractivity contribution in [2.45, 2.75) is 11.8 Å². The van der Waals surface area contributed by atoms with E-state index in [1.807, 2.05) is 24.3 Å². The van der Waals surface area contributed by atoms with Crippen LogP contribution in [-0.4, -0.2) is 29.1 Å². The number of amides is 1. The van der Waals surface area contributed by atoms with Crippen molar-refractivity contribution in [3.05, 3.63) is 60.0 Å². The van der Waals surface area contributed by atoms with Crippen LogP contribution in [-0.2, 0) is 10.5 Å². The predicted molar refractivity (Wildman–Crippen MR) is 83.5 cm³/mol. The first kappa shape index (κ1) is 14.1. The number of hydrogen-bond acceptors (Lipinski definition) is 3. The van der Waals surface area contributed by atoms with Crippen LogP contribution in [0.15, 0.2) is 53.6 Å². The summed E-state index contributed by atoms with van der Waals surface area (Å²) in [4.78, 5) is 18.5. The first-order chi connectivity index (χ1) is 10.2. The molecule has 0 saturated carbocycles. The minimum atomic E-state index is -0.228. The third-order valence-electron chi connectivity index (χ3n) is 3.58. The Morgan fingerprint density at radius 1 is 1.29 bits per heavy atom. The van der Waals surface area contributed by atoms with Gasteiger partial charge in [-0.3, -0.25) is 14.7 Å². The highest BCUT2D eigenvalue weighted by Gasteiger charge is 2.34. The van der Waals surface area contributed by atoms with Crippen LogP contribution in [0.5, 0.6) is 0 Å². The van der Waals surface area contributed by atoms with Crippen molar-refractivity contribution in [2.75, 3.05) is 7.05 Å². The van der Waals surface area contributed by atoms with E-state index in [-0.39, 0.29) is 23.7 Å². The summed E-state index contributed by atoms with van der Waals surface area (Å²) in [5.74, 6) is 0.0540.